The fourth-order valence-corrected chi connectivity index (χ4v) is 4.37. The minimum atomic E-state index is 0.283. The highest BCUT2D eigenvalue weighted by Gasteiger charge is 2.30. The second-order valence-electron chi connectivity index (χ2n) is 5.34. The summed E-state index contributed by atoms with van der Waals surface area (Å²) in [5.74, 6) is 2.64. The van der Waals surface area contributed by atoms with Crippen molar-refractivity contribution >= 4 is 33.6 Å². The standard InChI is InChI=1S/C14H24BrNO2S/c15-7-2-1-5-14(17)16(12-6-9-19-11-12)10-13-4-3-8-18-13/h12-13H,1-11H2. The highest BCUT2D eigenvalue weighted by Crippen LogP contribution is 2.25. The Labute approximate surface area is 128 Å². The molecule has 19 heavy (non-hydrogen) atoms. The number of unbranched alkanes of at least 4 members (excludes halogenated alkanes) is 1. The molecule has 3 nitrogen and oxygen atoms in total. The van der Waals surface area contributed by atoms with Crippen molar-refractivity contribution < 1.29 is 9.53 Å². The van der Waals surface area contributed by atoms with Crippen LogP contribution in [0.1, 0.15) is 38.5 Å². The van der Waals surface area contributed by atoms with E-state index in [4.69, 9.17) is 4.74 Å². The second-order valence-corrected chi connectivity index (χ2v) is 7.29. The molecule has 1 amide bonds. The van der Waals surface area contributed by atoms with Crippen molar-refractivity contribution in [3.8, 4) is 0 Å². The van der Waals surface area contributed by atoms with Gasteiger partial charge in [-0.25, -0.2) is 0 Å². The molecule has 2 aliphatic rings. The number of halogens is 1. The maximum Gasteiger partial charge on any atom is 0.222 e. The van der Waals surface area contributed by atoms with Crippen molar-refractivity contribution in [2.24, 2.45) is 0 Å². The first-order valence-corrected chi connectivity index (χ1v) is 9.63. The highest BCUT2D eigenvalue weighted by atomic mass is 79.9. The lowest BCUT2D eigenvalue weighted by Gasteiger charge is -2.31. The zero-order valence-corrected chi connectivity index (χ0v) is 13.9. The van der Waals surface area contributed by atoms with Gasteiger partial charge in [-0.15, -0.1) is 0 Å². The first kappa shape index (κ1) is 15.6. The molecular formula is C14H24BrNO2S. The molecule has 2 saturated heterocycles. The van der Waals surface area contributed by atoms with Crippen LogP contribution in [0, 0.1) is 0 Å². The van der Waals surface area contributed by atoms with Crippen LogP contribution in [0.5, 0.6) is 0 Å². The maximum atomic E-state index is 12.4. The first-order valence-electron chi connectivity index (χ1n) is 7.36. The molecule has 0 bridgehead atoms. The lowest BCUT2D eigenvalue weighted by atomic mass is 10.1. The van der Waals surface area contributed by atoms with E-state index in [-0.39, 0.29) is 6.10 Å². The van der Waals surface area contributed by atoms with Crippen molar-refractivity contribution in [1.82, 2.24) is 4.90 Å². The van der Waals surface area contributed by atoms with Crippen LogP contribution in [-0.2, 0) is 9.53 Å². The molecule has 0 aromatic rings. The zero-order chi connectivity index (χ0) is 13.5. The molecule has 2 heterocycles. The quantitative estimate of drug-likeness (QED) is 0.522. The van der Waals surface area contributed by atoms with Gasteiger partial charge in [-0.3, -0.25) is 4.79 Å². The minimum Gasteiger partial charge on any atom is -0.376 e. The predicted octanol–water partition coefficient (Wildman–Crippen LogP) is 3.06. The van der Waals surface area contributed by atoms with E-state index in [0.717, 1.165) is 56.3 Å². The van der Waals surface area contributed by atoms with Crippen LogP contribution in [0.4, 0.5) is 0 Å². The van der Waals surface area contributed by atoms with Crippen LogP contribution in [-0.4, -0.2) is 52.9 Å². The molecule has 5 heteroatoms. The number of amides is 1. The number of rotatable bonds is 7. The third kappa shape index (κ3) is 4.94. The molecule has 0 aromatic carbocycles. The van der Waals surface area contributed by atoms with Gasteiger partial charge in [0.1, 0.15) is 0 Å². The Hall–Kier alpha value is 0.260. The van der Waals surface area contributed by atoms with Crippen molar-refractivity contribution in [2.75, 3.05) is 30.0 Å². The van der Waals surface area contributed by atoms with Gasteiger partial charge in [0.05, 0.1) is 6.10 Å². The van der Waals surface area contributed by atoms with E-state index in [0.29, 0.717) is 18.4 Å². The number of carbonyl (C=O) groups is 1. The van der Waals surface area contributed by atoms with Crippen LogP contribution in [0.15, 0.2) is 0 Å². The molecule has 0 N–H and O–H groups in total. The van der Waals surface area contributed by atoms with Crippen molar-refractivity contribution in [2.45, 2.75) is 50.7 Å². The average Bonchev–Trinajstić information content (AvgIpc) is 3.09. The Morgan fingerprint density at radius 1 is 1.37 bits per heavy atom. The van der Waals surface area contributed by atoms with Crippen LogP contribution in [0.2, 0.25) is 0 Å². The molecule has 2 unspecified atom stereocenters. The van der Waals surface area contributed by atoms with E-state index in [9.17, 15) is 4.79 Å². The highest BCUT2D eigenvalue weighted by molar-refractivity contribution is 9.09. The fourth-order valence-electron chi connectivity index (χ4n) is 2.74. The molecule has 0 saturated carbocycles. The number of ether oxygens (including phenoxy) is 1. The normalized spacial score (nSPS) is 26.8. The second kappa shape index (κ2) is 8.53. The van der Waals surface area contributed by atoms with Crippen molar-refractivity contribution in [3.63, 3.8) is 0 Å². The summed E-state index contributed by atoms with van der Waals surface area (Å²) >= 11 is 5.40. The summed E-state index contributed by atoms with van der Waals surface area (Å²) < 4.78 is 5.71. The number of hydrogen-bond donors (Lipinski definition) is 0. The predicted molar refractivity (Wildman–Crippen MR) is 84.1 cm³/mol. The SMILES string of the molecule is O=C(CCCCBr)N(CC1CCCO1)C1CCSC1. The van der Waals surface area contributed by atoms with Crippen LogP contribution in [0.3, 0.4) is 0 Å². The number of carbonyl (C=O) groups excluding carboxylic acids is 1. The van der Waals surface area contributed by atoms with E-state index in [2.05, 4.69) is 20.8 Å². The maximum absolute atomic E-state index is 12.4. The van der Waals surface area contributed by atoms with Gasteiger partial charge in [0.2, 0.25) is 5.91 Å². The van der Waals surface area contributed by atoms with Gasteiger partial charge in [-0.2, -0.15) is 11.8 Å². The summed E-state index contributed by atoms with van der Waals surface area (Å²) in [6.07, 6.45) is 6.47. The lowest BCUT2D eigenvalue weighted by molar-refractivity contribution is -0.135. The van der Waals surface area contributed by atoms with E-state index >= 15 is 0 Å². The molecule has 110 valence electrons. The van der Waals surface area contributed by atoms with Crippen LogP contribution >= 0.6 is 27.7 Å². The zero-order valence-electron chi connectivity index (χ0n) is 11.5. The smallest absolute Gasteiger partial charge is 0.222 e. The molecule has 0 radical (unpaired) electrons. The van der Waals surface area contributed by atoms with Gasteiger partial charge in [0, 0.05) is 36.7 Å². The fraction of sp³-hybridized carbons (Fsp3) is 0.929. The Bertz CT molecular complexity index is 279. The Morgan fingerprint density at radius 3 is 2.89 bits per heavy atom. The van der Waals surface area contributed by atoms with Crippen LogP contribution < -0.4 is 0 Å². The number of hydrogen-bond acceptors (Lipinski definition) is 3. The number of alkyl halides is 1. The van der Waals surface area contributed by atoms with Crippen molar-refractivity contribution in [1.29, 1.82) is 0 Å². The number of thioether (sulfide) groups is 1. The van der Waals surface area contributed by atoms with Gasteiger partial charge < -0.3 is 9.64 Å². The van der Waals surface area contributed by atoms with Crippen LogP contribution in [0.25, 0.3) is 0 Å². The summed E-state index contributed by atoms with van der Waals surface area (Å²) in [5, 5.41) is 0.991. The molecule has 0 aromatic heterocycles. The van der Waals surface area contributed by atoms with E-state index < -0.39 is 0 Å². The topological polar surface area (TPSA) is 29.5 Å². The Balaban J connectivity index is 1.86. The van der Waals surface area contributed by atoms with E-state index in [1.54, 1.807) is 0 Å². The lowest BCUT2D eigenvalue weighted by Crippen LogP contribution is -2.44. The summed E-state index contributed by atoms with van der Waals surface area (Å²) in [4.78, 5) is 14.6. The molecular weight excluding hydrogens is 326 g/mol. The Kier molecular flexibility index (Phi) is 7.02. The summed E-state index contributed by atoms with van der Waals surface area (Å²) in [6.45, 7) is 1.69. The molecule has 2 fully saturated rings. The third-order valence-electron chi connectivity index (χ3n) is 3.87. The first-order chi connectivity index (χ1) is 9.31. The minimum absolute atomic E-state index is 0.283. The molecule has 2 atom stereocenters. The van der Waals surface area contributed by atoms with E-state index in [1.807, 2.05) is 11.8 Å². The summed E-state index contributed by atoms with van der Waals surface area (Å²) in [5.41, 5.74) is 0. The van der Waals surface area contributed by atoms with E-state index in [1.165, 1.54) is 5.75 Å². The van der Waals surface area contributed by atoms with Gasteiger partial charge in [0.25, 0.3) is 0 Å². The summed E-state index contributed by atoms with van der Waals surface area (Å²) in [6, 6.07) is 0.450. The third-order valence-corrected chi connectivity index (χ3v) is 5.57. The van der Waals surface area contributed by atoms with Crippen molar-refractivity contribution in [3.05, 3.63) is 0 Å². The number of nitrogens with zero attached hydrogens (tertiary/aromatic N) is 1. The van der Waals surface area contributed by atoms with Gasteiger partial charge in [-0.05, 0) is 37.9 Å². The summed E-state index contributed by atoms with van der Waals surface area (Å²) in [7, 11) is 0. The molecule has 0 aliphatic carbocycles. The molecule has 0 spiro atoms. The molecule has 2 aliphatic heterocycles. The Morgan fingerprint density at radius 2 is 2.26 bits per heavy atom. The van der Waals surface area contributed by atoms with Gasteiger partial charge >= 0.3 is 0 Å². The monoisotopic (exact) mass is 349 g/mol. The van der Waals surface area contributed by atoms with Gasteiger partial charge in [0.15, 0.2) is 0 Å². The molecule has 2 rings (SSSR count). The largest absolute Gasteiger partial charge is 0.376 e. The van der Waals surface area contributed by atoms with Gasteiger partial charge in [-0.1, -0.05) is 15.9 Å². The average molecular weight is 350 g/mol.